The van der Waals surface area contributed by atoms with Gasteiger partial charge < -0.3 is 9.64 Å². The third kappa shape index (κ3) is 7.27. The molecule has 3 heterocycles. The third-order valence-corrected chi connectivity index (χ3v) is 8.54. The molecule has 2 fully saturated rings. The fourth-order valence-corrected chi connectivity index (χ4v) is 5.86. The van der Waals surface area contributed by atoms with Gasteiger partial charge in [-0.25, -0.2) is 0 Å². The number of aryl methyl sites for hydroxylation is 1. The summed E-state index contributed by atoms with van der Waals surface area (Å²) in [5.74, 6) is 1.25. The van der Waals surface area contributed by atoms with Crippen LogP contribution in [0.25, 0.3) is 0 Å². The number of ketones is 2. The van der Waals surface area contributed by atoms with Crippen LogP contribution in [0.15, 0.2) is 66.9 Å². The van der Waals surface area contributed by atoms with Crippen LogP contribution < -0.4 is 4.74 Å². The smallest absolute Gasteiger partial charge is 0.272 e. The predicted octanol–water partition coefficient (Wildman–Crippen LogP) is 5.62. The van der Waals surface area contributed by atoms with E-state index in [0.29, 0.717) is 49.5 Å². The van der Waals surface area contributed by atoms with Crippen molar-refractivity contribution >= 4 is 17.5 Å². The van der Waals surface area contributed by atoms with Gasteiger partial charge in [-0.3, -0.25) is 24.3 Å². The number of hydrogen-bond acceptors (Lipinski definition) is 6. The van der Waals surface area contributed by atoms with Gasteiger partial charge in [0.15, 0.2) is 11.6 Å². The van der Waals surface area contributed by atoms with E-state index in [1.54, 1.807) is 30.3 Å². The molecule has 41 heavy (non-hydrogen) atoms. The highest BCUT2D eigenvalue weighted by Crippen LogP contribution is 2.25. The van der Waals surface area contributed by atoms with E-state index in [-0.39, 0.29) is 23.4 Å². The number of pyridine rings is 1. The molecule has 7 nitrogen and oxygen atoms in total. The van der Waals surface area contributed by atoms with Gasteiger partial charge in [0.1, 0.15) is 11.4 Å². The number of carbonyl (C=O) groups is 3. The van der Waals surface area contributed by atoms with E-state index in [2.05, 4.69) is 22.0 Å². The van der Waals surface area contributed by atoms with Crippen LogP contribution in [0.5, 0.6) is 5.75 Å². The molecule has 0 atom stereocenters. The van der Waals surface area contributed by atoms with Crippen molar-refractivity contribution < 1.29 is 19.1 Å². The summed E-state index contributed by atoms with van der Waals surface area (Å²) < 4.78 is 5.24. The minimum atomic E-state index is -0.144. The Hall–Kier alpha value is -3.84. The Bertz CT molecular complexity index is 1340. The molecule has 0 spiro atoms. The Kier molecular flexibility index (Phi) is 9.24. The van der Waals surface area contributed by atoms with Crippen LogP contribution in [0.1, 0.15) is 74.4 Å². The summed E-state index contributed by atoms with van der Waals surface area (Å²) >= 11 is 0. The van der Waals surface area contributed by atoms with Gasteiger partial charge in [-0.05, 0) is 81.4 Å². The van der Waals surface area contributed by atoms with Gasteiger partial charge in [-0.1, -0.05) is 42.0 Å². The first-order chi connectivity index (χ1) is 19.9. The lowest BCUT2D eigenvalue weighted by atomic mass is 9.88. The van der Waals surface area contributed by atoms with Gasteiger partial charge in [0.25, 0.3) is 5.91 Å². The van der Waals surface area contributed by atoms with Gasteiger partial charge >= 0.3 is 0 Å². The normalized spacial score (nSPS) is 16.9. The van der Waals surface area contributed by atoms with E-state index in [4.69, 9.17) is 4.74 Å². The van der Waals surface area contributed by atoms with Crippen LogP contribution in [0.4, 0.5) is 0 Å². The molecular weight excluding hydrogens is 514 g/mol. The zero-order chi connectivity index (χ0) is 28.8. The average molecular weight is 554 g/mol. The van der Waals surface area contributed by atoms with Gasteiger partial charge in [0, 0.05) is 49.3 Å². The van der Waals surface area contributed by atoms with Crippen LogP contribution in [0.3, 0.4) is 0 Å². The maximum Gasteiger partial charge on any atom is 0.272 e. The van der Waals surface area contributed by atoms with E-state index in [1.165, 1.54) is 5.56 Å². The number of aromatic nitrogens is 1. The van der Waals surface area contributed by atoms with Crippen molar-refractivity contribution in [2.24, 2.45) is 11.8 Å². The lowest BCUT2D eigenvalue weighted by Crippen LogP contribution is -2.40. The zero-order valence-electron chi connectivity index (χ0n) is 24.1. The summed E-state index contributed by atoms with van der Waals surface area (Å²) in [6.07, 6.45) is 5.33. The average Bonchev–Trinajstić information content (AvgIpc) is 3.02. The van der Waals surface area contributed by atoms with Crippen molar-refractivity contribution in [3.63, 3.8) is 0 Å². The van der Waals surface area contributed by atoms with Crippen molar-refractivity contribution in [3.8, 4) is 5.75 Å². The quantitative estimate of drug-likeness (QED) is 0.320. The lowest BCUT2D eigenvalue weighted by molar-refractivity contribution is 0.0645. The first-order valence-corrected chi connectivity index (χ1v) is 14.6. The number of methoxy groups -OCH3 is 1. The number of nitrogens with zero attached hydrogens (tertiary/aromatic N) is 3. The van der Waals surface area contributed by atoms with Crippen LogP contribution >= 0.6 is 0 Å². The van der Waals surface area contributed by atoms with E-state index >= 15 is 0 Å². The second kappa shape index (κ2) is 13.2. The van der Waals surface area contributed by atoms with Crippen LogP contribution in [0.2, 0.25) is 0 Å². The summed E-state index contributed by atoms with van der Waals surface area (Å²) in [4.78, 5) is 47.4. The third-order valence-electron chi connectivity index (χ3n) is 8.54. The Balaban J connectivity index is 1.06. The maximum absolute atomic E-state index is 13.1. The topological polar surface area (TPSA) is 79.8 Å². The fraction of sp³-hybridized carbons (Fsp3) is 0.412. The molecule has 3 aromatic rings. The molecule has 0 N–H and O–H groups in total. The summed E-state index contributed by atoms with van der Waals surface area (Å²) in [6, 6.07) is 19.3. The molecule has 2 saturated heterocycles. The second-order valence-corrected chi connectivity index (χ2v) is 11.4. The molecule has 1 aromatic heterocycles. The Labute approximate surface area is 242 Å². The molecule has 7 heteroatoms. The van der Waals surface area contributed by atoms with Crippen molar-refractivity contribution in [1.82, 2.24) is 14.8 Å². The monoisotopic (exact) mass is 553 g/mol. The highest BCUT2D eigenvalue weighted by atomic mass is 16.5. The lowest BCUT2D eigenvalue weighted by Gasteiger charge is -2.31. The van der Waals surface area contributed by atoms with Gasteiger partial charge in [-0.2, -0.15) is 0 Å². The van der Waals surface area contributed by atoms with Gasteiger partial charge in [-0.15, -0.1) is 0 Å². The van der Waals surface area contributed by atoms with Crippen LogP contribution in [-0.2, 0) is 6.54 Å². The number of likely N-dealkylation sites (tertiary alicyclic amines) is 2. The van der Waals surface area contributed by atoms with E-state index < -0.39 is 0 Å². The highest BCUT2D eigenvalue weighted by molar-refractivity contribution is 5.99. The molecule has 0 radical (unpaired) electrons. The molecule has 0 aliphatic carbocycles. The molecule has 2 aromatic carbocycles. The number of piperidine rings is 2. The number of carbonyl (C=O) groups excluding carboxylic acids is 3. The summed E-state index contributed by atoms with van der Waals surface area (Å²) in [5.41, 5.74) is 4.04. The largest absolute Gasteiger partial charge is 0.497 e. The van der Waals surface area contributed by atoms with Crippen LogP contribution in [-0.4, -0.2) is 65.5 Å². The van der Waals surface area contributed by atoms with Crippen molar-refractivity contribution in [3.05, 3.63) is 94.8 Å². The fourth-order valence-electron chi connectivity index (χ4n) is 5.86. The van der Waals surface area contributed by atoms with Crippen molar-refractivity contribution in [2.75, 3.05) is 33.3 Å². The molecule has 0 bridgehead atoms. The first kappa shape index (κ1) is 28.7. The molecule has 5 rings (SSSR count). The first-order valence-electron chi connectivity index (χ1n) is 14.6. The van der Waals surface area contributed by atoms with Gasteiger partial charge in [0.05, 0.1) is 7.11 Å². The molecule has 1 amide bonds. The maximum atomic E-state index is 13.1. The summed E-state index contributed by atoms with van der Waals surface area (Å²) in [7, 11) is 1.67. The molecule has 0 unspecified atom stereocenters. The number of ether oxygens (including phenoxy) is 1. The Morgan fingerprint density at radius 2 is 1.49 bits per heavy atom. The van der Waals surface area contributed by atoms with E-state index in [1.807, 2.05) is 43.3 Å². The molecule has 2 aliphatic rings. The molecule has 214 valence electrons. The molecule has 0 saturated carbocycles. The highest BCUT2D eigenvalue weighted by Gasteiger charge is 2.29. The van der Waals surface area contributed by atoms with Gasteiger partial charge in [0.2, 0.25) is 0 Å². The Morgan fingerprint density at radius 3 is 2.10 bits per heavy atom. The molecule has 2 aliphatic heterocycles. The van der Waals surface area contributed by atoms with E-state index in [9.17, 15) is 14.4 Å². The SMILES string of the molecule is COc1ccc(CN2CCC(CC(=O)c3ccc(C(=O)N4CCC(C(=O)c5ccc(C)cc5)CC4)nc3)CC2)cc1. The zero-order valence-corrected chi connectivity index (χ0v) is 24.1. The van der Waals surface area contributed by atoms with Crippen molar-refractivity contribution in [2.45, 2.75) is 45.6 Å². The van der Waals surface area contributed by atoms with Crippen LogP contribution in [0, 0.1) is 18.8 Å². The number of rotatable bonds is 9. The molecular formula is C34H39N3O4. The number of Topliss-reactive ketones (excluding diaryl/α,β-unsaturated/α-hetero) is 2. The van der Waals surface area contributed by atoms with Crippen molar-refractivity contribution in [1.29, 1.82) is 0 Å². The standard InChI is InChI=1S/C34H39N3O4/c1-24-3-7-27(8-4-24)33(39)28-15-19-37(20-16-28)34(40)31-12-9-29(22-35-31)32(38)21-25-13-17-36(18-14-25)23-26-5-10-30(41-2)11-6-26/h3-12,22,25,28H,13-21,23H2,1-2H3. The minimum absolute atomic E-state index is 0.0657. The number of benzene rings is 2. The minimum Gasteiger partial charge on any atom is -0.497 e. The number of amides is 1. The Morgan fingerprint density at radius 1 is 0.829 bits per heavy atom. The summed E-state index contributed by atoms with van der Waals surface area (Å²) in [5, 5.41) is 0. The number of hydrogen-bond donors (Lipinski definition) is 0. The predicted molar refractivity (Wildman–Crippen MR) is 158 cm³/mol. The van der Waals surface area contributed by atoms with E-state index in [0.717, 1.165) is 49.4 Å². The summed E-state index contributed by atoms with van der Waals surface area (Å²) in [6.45, 7) is 5.92. The second-order valence-electron chi connectivity index (χ2n) is 11.4.